The largest absolute Gasteiger partial charge is 0.391 e. The fourth-order valence-corrected chi connectivity index (χ4v) is 8.04. The van der Waals surface area contributed by atoms with E-state index in [1.807, 2.05) is 0 Å². The van der Waals surface area contributed by atoms with Crippen molar-refractivity contribution in [1.82, 2.24) is 20.2 Å². The number of aliphatic hydroxyl groups excluding tert-OH is 1. The van der Waals surface area contributed by atoms with Crippen molar-refractivity contribution in [2.75, 3.05) is 25.0 Å². The summed E-state index contributed by atoms with van der Waals surface area (Å²) in [5.74, 6) is 3.39. The number of fused-ring (bicyclic) bond motifs is 1. The second kappa shape index (κ2) is 7.49. The third-order valence-corrected chi connectivity index (χ3v) is 9.19. The highest BCUT2D eigenvalue weighted by molar-refractivity contribution is 5.64. The molecule has 0 radical (unpaired) electrons. The number of aliphatic hydroxyl groups is 1. The Hall–Kier alpha value is -1.57. The van der Waals surface area contributed by atoms with Crippen LogP contribution in [0, 0.1) is 23.2 Å². The van der Waals surface area contributed by atoms with Crippen LogP contribution >= 0.6 is 0 Å². The van der Waals surface area contributed by atoms with E-state index in [-0.39, 0.29) is 11.5 Å². The molecule has 0 amide bonds. The highest BCUT2D eigenvalue weighted by Crippen LogP contribution is 2.61. The van der Waals surface area contributed by atoms with Crippen molar-refractivity contribution >= 4 is 12.1 Å². The predicted molar refractivity (Wildman–Crippen MR) is 117 cm³/mol. The van der Waals surface area contributed by atoms with Crippen LogP contribution in [0.5, 0.6) is 0 Å². The van der Waals surface area contributed by atoms with Crippen LogP contribution in [0.2, 0.25) is 0 Å². The Bertz CT molecular complexity index is 817. The third kappa shape index (κ3) is 3.31. The lowest BCUT2D eigenvalue weighted by Gasteiger charge is -2.58. The molecule has 3 heterocycles. The number of carbonyl (C=O) groups excluding carboxylic acids is 1. The summed E-state index contributed by atoms with van der Waals surface area (Å²) in [5, 5.41) is 18.2. The van der Waals surface area contributed by atoms with Crippen molar-refractivity contribution in [3.63, 3.8) is 0 Å². The van der Waals surface area contributed by atoms with Gasteiger partial charge in [-0.2, -0.15) is 0 Å². The fraction of sp³-hybridized carbons (Fsp3) is 0.792. The summed E-state index contributed by atoms with van der Waals surface area (Å²) in [5.41, 5.74) is 1.74. The maximum Gasteiger partial charge on any atom is 0.154 e. The Labute approximate surface area is 184 Å². The van der Waals surface area contributed by atoms with Gasteiger partial charge in [0, 0.05) is 25.2 Å². The van der Waals surface area contributed by atoms with E-state index in [9.17, 15) is 9.90 Å². The van der Waals surface area contributed by atoms with Gasteiger partial charge in [0.05, 0.1) is 11.8 Å². The molecular weight excluding hydrogens is 390 g/mol. The molecule has 7 heteroatoms. The van der Waals surface area contributed by atoms with E-state index in [4.69, 9.17) is 0 Å². The Morgan fingerprint density at radius 3 is 2.61 bits per heavy atom. The van der Waals surface area contributed by atoms with E-state index < -0.39 is 5.66 Å². The lowest BCUT2D eigenvalue weighted by Crippen LogP contribution is -2.58. The third-order valence-electron chi connectivity index (χ3n) is 9.19. The Morgan fingerprint density at radius 2 is 1.97 bits per heavy atom. The van der Waals surface area contributed by atoms with Crippen molar-refractivity contribution in [2.24, 2.45) is 23.2 Å². The molecule has 2 aliphatic heterocycles. The number of aldehydes is 1. The van der Waals surface area contributed by atoms with Gasteiger partial charge in [-0.25, -0.2) is 9.97 Å². The monoisotopic (exact) mass is 425 g/mol. The van der Waals surface area contributed by atoms with E-state index >= 15 is 0 Å². The molecule has 3 N–H and O–H groups in total. The normalized spacial score (nSPS) is 40.0. The zero-order chi connectivity index (χ0) is 21.1. The standard InChI is InChI=1S/C24H35N5O2/c30-14-24(3-1-4-28-24)29-5-2-19-20(13-29)26-15-27-22(19)25-12-21(31)23-9-16-6-17(10-23)8-18(7-16)11-23/h14-18,21,28,31H,1-13H2,(H,25,26,27)/t16?,17?,18?,21?,23?,24-/m1/s1. The number of nitrogens with one attached hydrogen (secondary N) is 2. The second-order valence-corrected chi connectivity index (χ2v) is 11.1. The smallest absolute Gasteiger partial charge is 0.154 e. The number of hydrogen-bond acceptors (Lipinski definition) is 7. The molecule has 1 unspecified atom stereocenters. The van der Waals surface area contributed by atoms with Crippen LogP contribution in [0.15, 0.2) is 6.33 Å². The Balaban J connectivity index is 1.15. The molecule has 0 aromatic carbocycles. The summed E-state index contributed by atoms with van der Waals surface area (Å²) in [6.07, 6.45) is 12.9. The molecule has 5 fully saturated rings. The molecule has 168 valence electrons. The Kier molecular flexibility index (Phi) is 4.85. The van der Waals surface area contributed by atoms with Gasteiger partial charge in [0.15, 0.2) is 6.29 Å². The highest BCUT2D eigenvalue weighted by atomic mass is 16.3. The van der Waals surface area contributed by atoms with Gasteiger partial charge in [0.1, 0.15) is 17.8 Å². The number of rotatable bonds is 6. The Morgan fingerprint density at radius 1 is 1.23 bits per heavy atom. The van der Waals surface area contributed by atoms with Gasteiger partial charge in [0.2, 0.25) is 0 Å². The maximum absolute atomic E-state index is 11.9. The molecule has 4 bridgehead atoms. The topological polar surface area (TPSA) is 90.4 Å². The lowest BCUT2D eigenvalue weighted by atomic mass is 9.48. The second-order valence-electron chi connectivity index (χ2n) is 11.1. The van der Waals surface area contributed by atoms with Crippen molar-refractivity contribution < 1.29 is 9.90 Å². The molecule has 7 nitrogen and oxygen atoms in total. The van der Waals surface area contributed by atoms with Gasteiger partial charge in [-0.1, -0.05) is 0 Å². The van der Waals surface area contributed by atoms with Crippen LogP contribution in [0.1, 0.15) is 62.6 Å². The molecule has 6 aliphatic rings. The van der Waals surface area contributed by atoms with E-state index in [2.05, 4.69) is 25.5 Å². The fourth-order valence-electron chi connectivity index (χ4n) is 8.04. The number of hydrogen-bond donors (Lipinski definition) is 3. The van der Waals surface area contributed by atoms with Crippen LogP contribution in [0.25, 0.3) is 0 Å². The summed E-state index contributed by atoms with van der Waals surface area (Å²) < 4.78 is 0. The van der Waals surface area contributed by atoms with E-state index in [1.54, 1.807) is 6.33 Å². The van der Waals surface area contributed by atoms with Crippen LogP contribution in [0.3, 0.4) is 0 Å². The first-order valence-electron chi connectivity index (χ1n) is 12.3. The zero-order valence-electron chi connectivity index (χ0n) is 18.4. The van der Waals surface area contributed by atoms with E-state index in [0.29, 0.717) is 13.1 Å². The summed E-state index contributed by atoms with van der Waals surface area (Å²) >= 11 is 0. The molecule has 1 aromatic heterocycles. The molecule has 2 atom stereocenters. The number of nitrogens with zero attached hydrogens (tertiary/aromatic N) is 3. The molecule has 4 saturated carbocycles. The number of aromatic nitrogens is 2. The molecule has 31 heavy (non-hydrogen) atoms. The quantitative estimate of drug-likeness (QED) is 0.602. The van der Waals surface area contributed by atoms with Gasteiger partial charge >= 0.3 is 0 Å². The summed E-state index contributed by atoms with van der Waals surface area (Å²) in [6, 6.07) is 0. The van der Waals surface area contributed by atoms with Crippen molar-refractivity contribution in [1.29, 1.82) is 0 Å². The number of anilines is 1. The average molecular weight is 426 g/mol. The first kappa shape index (κ1) is 20.1. The molecule has 1 saturated heterocycles. The number of carbonyl (C=O) groups is 1. The molecular formula is C24H35N5O2. The highest BCUT2D eigenvalue weighted by Gasteiger charge is 2.53. The van der Waals surface area contributed by atoms with Gasteiger partial charge in [-0.15, -0.1) is 0 Å². The van der Waals surface area contributed by atoms with Crippen LogP contribution in [0.4, 0.5) is 5.82 Å². The van der Waals surface area contributed by atoms with E-state index in [0.717, 1.165) is 73.5 Å². The van der Waals surface area contributed by atoms with Crippen molar-refractivity contribution in [2.45, 2.75) is 76.1 Å². The lowest BCUT2D eigenvalue weighted by molar-refractivity contribution is -0.120. The predicted octanol–water partition coefficient (Wildman–Crippen LogP) is 2.10. The molecule has 1 aromatic rings. The minimum Gasteiger partial charge on any atom is -0.391 e. The van der Waals surface area contributed by atoms with E-state index in [1.165, 1.54) is 38.5 Å². The molecule has 4 aliphatic carbocycles. The summed E-state index contributed by atoms with van der Waals surface area (Å²) in [7, 11) is 0. The van der Waals surface area contributed by atoms with Crippen LogP contribution < -0.4 is 10.6 Å². The van der Waals surface area contributed by atoms with Crippen LogP contribution in [-0.4, -0.2) is 57.7 Å². The van der Waals surface area contributed by atoms with Gasteiger partial charge in [-0.05, 0) is 87.5 Å². The first-order chi connectivity index (χ1) is 15.1. The maximum atomic E-state index is 11.9. The van der Waals surface area contributed by atoms with Crippen molar-refractivity contribution in [3.8, 4) is 0 Å². The van der Waals surface area contributed by atoms with Gasteiger partial charge in [-0.3, -0.25) is 15.0 Å². The van der Waals surface area contributed by atoms with Gasteiger partial charge < -0.3 is 10.4 Å². The molecule has 0 spiro atoms. The zero-order valence-corrected chi connectivity index (χ0v) is 18.4. The minimum absolute atomic E-state index is 0.121. The van der Waals surface area contributed by atoms with Crippen molar-refractivity contribution in [3.05, 3.63) is 17.6 Å². The first-order valence-corrected chi connectivity index (χ1v) is 12.3. The average Bonchev–Trinajstić information content (AvgIpc) is 3.26. The van der Waals surface area contributed by atoms with Gasteiger partial charge in [0.25, 0.3) is 0 Å². The summed E-state index contributed by atoms with van der Waals surface area (Å²) in [6.45, 7) is 2.94. The molecule has 7 rings (SSSR count). The minimum atomic E-state index is -0.537. The van der Waals surface area contributed by atoms with Crippen LogP contribution in [-0.2, 0) is 17.8 Å². The SMILES string of the molecule is O=C[C@]1(N2CCc3c(ncnc3NCC(O)C34CC5CC(CC(C5)C3)C4)C2)CCCN1. The summed E-state index contributed by atoms with van der Waals surface area (Å²) in [4.78, 5) is 23.2.